The van der Waals surface area contributed by atoms with Crippen LogP contribution in [-0.2, 0) is 10.0 Å². The lowest BCUT2D eigenvalue weighted by atomic mass is 10.0. The van der Waals surface area contributed by atoms with Crippen molar-refractivity contribution in [2.75, 3.05) is 4.72 Å². The number of hydrogen-bond acceptors (Lipinski definition) is 5. The third-order valence-corrected chi connectivity index (χ3v) is 7.02. The Hall–Kier alpha value is -4.58. The number of H-pyrrole nitrogens is 1. The molecule has 3 N–H and O–H groups in total. The highest BCUT2D eigenvalue weighted by molar-refractivity contribution is 7.92. The Kier molecular flexibility index (Phi) is 5.96. The number of carbonyl (C=O) groups is 1. The molecule has 37 heavy (non-hydrogen) atoms. The van der Waals surface area contributed by atoms with Gasteiger partial charge in [-0.1, -0.05) is 12.1 Å². The van der Waals surface area contributed by atoms with Crippen molar-refractivity contribution in [2.24, 2.45) is 0 Å². The van der Waals surface area contributed by atoms with Crippen LogP contribution in [0.2, 0.25) is 0 Å². The largest absolute Gasteiger partial charge is 0.399 e. The number of aryl methyl sites for hydroxylation is 1. The van der Waals surface area contributed by atoms with E-state index in [4.69, 9.17) is 0 Å². The van der Waals surface area contributed by atoms with Gasteiger partial charge in [0, 0.05) is 46.9 Å². The molecule has 5 rings (SSSR count). The van der Waals surface area contributed by atoms with Crippen molar-refractivity contribution >= 4 is 32.5 Å². The van der Waals surface area contributed by atoms with Crippen LogP contribution < -0.4 is 4.72 Å². The first-order valence-corrected chi connectivity index (χ1v) is 12.2. The van der Waals surface area contributed by atoms with E-state index >= 15 is 4.39 Å². The van der Waals surface area contributed by atoms with E-state index in [1.807, 2.05) is 4.72 Å². The van der Waals surface area contributed by atoms with E-state index < -0.39 is 49.4 Å². The van der Waals surface area contributed by atoms with Crippen molar-refractivity contribution in [1.82, 2.24) is 19.9 Å². The molecular weight excluding hydrogens is 507 g/mol. The van der Waals surface area contributed by atoms with Gasteiger partial charge in [0.05, 0.1) is 11.3 Å². The van der Waals surface area contributed by atoms with Gasteiger partial charge in [0.25, 0.3) is 0 Å². The molecule has 0 saturated carbocycles. The van der Waals surface area contributed by atoms with E-state index in [0.717, 1.165) is 24.3 Å². The van der Waals surface area contributed by atoms with Crippen LogP contribution in [0.1, 0.15) is 21.7 Å². The highest BCUT2D eigenvalue weighted by Crippen LogP contribution is 2.30. The molecule has 12 heteroatoms. The molecule has 0 fully saturated rings. The number of carbonyl (C=O) groups excluding carboxylic acids is 1. The van der Waals surface area contributed by atoms with Gasteiger partial charge in [-0.2, -0.15) is 4.21 Å². The summed E-state index contributed by atoms with van der Waals surface area (Å²) in [5.74, 6) is -4.06. The van der Waals surface area contributed by atoms with Gasteiger partial charge in [0.15, 0.2) is 10.7 Å². The summed E-state index contributed by atoms with van der Waals surface area (Å²) < 4.78 is 69.3. The number of rotatable bonds is 6. The predicted octanol–water partition coefficient (Wildman–Crippen LogP) is 4.93. The van der Waals surface area contributed by atoms with Crippen LogP contribution in [0.5, 0.6) is 0 Å². The Bertz CT molecular complexity index is 1790. The zero-order chi connectivity index (χ0) is 26.3. The first kappa shape index (κ1) is 24.1. The van der Waals surface area contributed by atoms with Crippen molar-refractivity contribution in [3.63, 3.8) is 0 Å². The maximum absolute atomic E-state index is 15.4. The van der Waals surface area contributed by atoms with Gasteiger partial charge in [0.2, 0.25) is 5.78 Å². The summed E-state index contributed by atoms with van der Waals surface area (Å²) in [7, 11) is -4.33. The van der Waals surface area contributed by atoms with Crippen molar-refractivity contribution in [3.8, 4) is 11.1 Å². The zero-order valence-electron chi connectivity index (χ0n) is 19.0. The fraction of sp³-hybridized carbons (Fsp3) is 0.0400. The number of aromatic amines is 1. The SMILES string of the molecule is Cc1ncc(-c2cnc3[nH]cc(C(=O)c4c(F)ccc(NS(=O)(=[OH+])c5ccccc5F)c4F)c3c2)cn1. The summed E-state index contributed by atoms with van der Waals surface area (Å²) >= 11 is 0. The average molecular weight is 525 g/mol. The number of nitrogens with one attached hydrogen (secondary N) is 2. The third-order valence-electron chi connectivity index (χ3n) is 5.59. The standard InChI is InChI=1S/C25H16F3N5O3S/c1-13-29-10-15(11-30-13)14-8-16-17(12-32-25(16)31-9-14)24(34)22-19(27)6-7-20(23(22)28)33-37(35,36)21-5-3-2-4-18(21)26/h2-12H,1H3,(H,31,32)(H,33,35,36)/p+1. The van der Waals surface area contributed by atoms with E-state index in [2.05, 4.69) is 19.9 Å². The molecule has 0 aliphatic carbocycles. The number of benzene rings is 2. The van der Waals surface area contributed by atoms with Crippen LogP contribution >= 0.6 is 0 Å². The summed E-state index contributed by atoms with van der Waals surface area (Å²) in [6.07, 6.45) is 5.96. The molecule has 5 aromatic rings. The number of nitrogens with zero attached hydrogens (tertiary/aromatic N) is 3. The molecule has 0 saturated heterocycles. The lowest BCUT2D eigenvalue weighted by Crippen LogP contribution is -2.17. The van der Waals surface area contributed by atoms with Gasteiger partial charge in [-0.05, 0) is 37.3 Å². The van der Waals surface area contributed by atoms with Gasteiger partial charge in [0.1, 0.15) is 23.1 Å². The topological polar surface area (TPSA) is 122 Å². The quantitative estimate of drug-likeness (QED) is 0.241. The van der Waals surface area contributed by atoms with Crippen LogP contribution in [0.25, 0.3) is 22.2 Å². The second kappa shape index (κ2) is 9.13. The van der Waals surface area contributed by atoms with Gasteiger partial charge in [-0.3, -0.25) is 4.79 Å². The van der Waals surface area contributed by atoms with Crippen molar-refractivity contribution in [3.05, 3.63) is 102 Å². The minimum atomic E-state index is -4.33. The van der Waals surface area contributed by atoms with E-state index in [-0.39, 0.29) is 10.9 Å². The number of halogens is 3. The number of ketones is 1. The molecule has 3 aromatic heterocycles. The van der Waals surface area contributed by atoms with E-state index in [1.165, 1.54) is 24.5 Å². The van der Waals surface area contributed by atoms with Crippen molar-refractivity contribution < 1.29 is 26.4 Å². The smallest absolute Gasteiger partial charge is 0.345 e. The Morgan fingerprint density at radius 3 is 2.41 bits per heavy atom. The molecule has 1 atom stereocenters. The maximum atomic E-state index is 15.4. The molecule has 3 heterocycles. The molecule has 2 aromatic carbocycles. The summed E-state index contributed by atoms with van der Waals surface area (Å²) in [5.41, 5.74) is -0.203. The summed E-state index contributed by atoms with van der Waals surface area (Å²) in [6.45, 7) is 1.73. The number of fused-ring (bicyclic) bond motifs is 1. The third kappa shape index (κ3) is 4.42. The highest BCUT2D eigenvalue weighted by Gasteiger charge is 2.29. The monoisotopic (exact) mass is 524 g/mol. The van der Waals surface area contributed by atoms with Crippen molar-refractivity contribution in [2.45, 2.75) is 11.8 Å². The van der Waals surface area contributed by atoms with Crippen LogP contribution in [0, 0.1) is 24.4 Å². The Morgan fingerprint density at radius 2 is 1.68 bits per heavy atom. The fourth-order valence-electron chi connectivity index (χ4n) is 3.74. The van der Waals surface area contributed by atoms with Crippen LogP contribution in [0.15, 0.2) is 72.1 Å². The molecular formula is C25H17F3N5O3S+. The predicted molar refractivity (Wildman–Crippen MR) is 130 cm³/mol. The van der Waals surface area contributed by atoms with Gasteiger partial charge < -0.3 is 4.98 Å². The van der Waals surface area contributed by atoms with Crippen LogP contribution in [0.4, 0.5) is 18.9 Å². The van der Waals surface area contributed by atoms with E-state index in [9.17, 15) is 22.0 Å². The van der Waals surface area contributed by atoms with Crippen LogP contribution in [-0.4, -0.2) is 34.1 Å². The average Bonchev–Trinajstić information content (AvgIpc) is 3.30. The van der Waals surface area contributed by atoms with Crippen molar-refractivity contribution in [1.29, 1.82) is 0 Å². The molecule has 1 unspecified atom stereocenters. The zero-order valence-corrected chi connectivity index (χ0v) is 19.8. The second-order valence-electron chi connectivity index (χ2n) is 8.01. The molecule has 0 bridgehead atoms. The summed E-state index contributed by atoms with van der Waals surface area (Å²) in [6, 6.07) is 7.89. The van der Waals surface area contributed by atoms with Gasteiger partial charge in [-0.25, -0.2) is 37.1 Å². The first-order valence-electron chi connectivity index (χ1n) is 10.7. The summed E-state index contributed by atoms with van der Waals surface area (Å²) in [4.78, 5) is 28.0. The first-order chi connectivity index (χ1) is 17.7. The lowest BCUT2D eigenvalue weighted by Gasteiger charge is -2.10. The maximum Gasteiger partial charge on any atom is 0.399 e. The van der Waals surface area contributed by atoms with E-state index in [0.29, 0.717) is 22.6 Å². The van der Waals surface area contributed by atoms with E-state index in [1.54, 1.807) is 25.4 Å². The number of pyridine rings is 1. The molecule has 0 amide bonds. The Balaban J connectivity index is 1.56. The minimum Gasteiger partial charge on any atom is -0.345 e. The molecule has 0 spiro atoms. The number of aromatic nitrogens is 4. The second-order valence-corrected chi connectivity index (χ2v) is 9.71. The minimum absolute atomic E-state index is 0.0776. The number of anilines is 1. The molecule has 0 radical (unpaired) electrons. The molecule has 0 aliphatic heterocycles. The highest BCUT2D eigenvalue weighted by atomic mass is 32.2. The van der Waals surface area contributed by atoms with Crippen LogP contribution in [0.3, 0.4) is 0 Å². The van der Waals surface area contributed by atoms with Gasteiger partial charge in [-0.15, -0.1) is 0 Å². The van der Waals surface area contributed by atoms with Gasteiger partial charge >= 0.3 is 10.0 Å². The molecule has 186 valence electrons. The Labute approximate surface area is 208 Å². The Morgan fingerprint density at radius 1 is 0.973 bits per heavy atom. The molecule has 8 nitrogen and oxygen atoms in total. The fourth-order valence-corrected chi connectivity index (χ4v) is 4.90. The normalized spacial score (nSPS) is 12.9. The number of hydrogen-bond donors (Lipinski definition) is 2. The summed E-state index contributed by atoms with van der Waals surface area (Å²) in [5, 5.41) is 0.289. The lowest BCUT2D eigenvalue weighted by molar-refractivity contribution is 0.103. The molecule has 0 aliphatic rings.